The Morgan fingerprint density at radius 2 is 1.95 bits per heavy atom. The number of nitriles is 1. The minimum Gasteiger partial charge on any atom is -0.389 e. The summed E-state index contributed by atoms with van der Waals surface area (Å²) in [6.07, 6.45) is 12.5. The second kappa shape index (κ2) is 13.3. The normalized spacial score (nSPS) is 24.5. The fraction of sp³-hybridized carbons (Fsp3) is 0.441. The Morgan fingerprint density at radius 3 is 2.62 bits per heavy atom. The number of nitrogens with one attached hydrogen (secondary N) is 5. The summed E-state index contributed by atoms with van der Waals surface area (Å²) in [5, 5.41) is 31.6. The fourth-order valence-electron chi connectivity index (χ4n) is 6.70. The van der Waals surface area contributed by atoms with Crippen molar-refractivity contribution in [3.05, 3.63) is 94.9 Å². The van der Waals surface area contributed by atoms with Crippen molar-refractivity contribution in [1.82, 2.24) is 26.2 Å². The molecule has 2 unspecified atom stereocenters. The average Bonchev–Trinajstić information content (AvgIpc) is 3.70. The molecule has 42 heavy (non-hydrogen) atoms. The van der Waals surface area contributed by atoms with Crippen LogP contribution in [-0.2, 0) is 11.8 Å². The van der Waals surface area contributed by atoms with E-state index in [9.17, 15) is 15.5 Å². The number of allylic oxidation sites excluding steroid dienone is 5. The molecule has 1 aromatic rings. The standard InChI is InChI=1S/C34H45N7O/c1-7-8-29-24(10-9-22(2)37-4)11-12-25-17-26(32(42)38-5)13-14-30(25)34(29,33(36)39-6)15-16-40-21-23(3)41-28(20-35)18-27-19-31(27)41/h7-10,13-14,17,27-28,31,37,40H,2-3,11-12,15-16,18-19,21H2,1,4-6H3,(H2,36,39)(H,38,42)/b8-7-,10-9+/t27-,28?,31+,34?/m1/s1. The van der Waals surface area contributed by atoms with E-state index in [1.54, 1.807) is 14.1 Å². The number of likely N-dealkylation sites (tertiary alicyclic amines) is 1. The fourth-order valence-corrected chi connectivity index (χ4v) is 6.70. The van der Waals surface area contributed by atoms with Crippen molar-refractivity contribution in [3.8, 4) is 6.07 Å². The number of amides is 1. The van der Waals surface area contributed by atoms with Gasteiger partial charge in [-0.25, -0.2) is 0 Å². The van der Waals surface area contributed by atoms with Crippen molar-refractivity contribution in [2.45, 2.75) is 56.5 Å². The maximum atomic E-state index is 12.6. The summed E-state index contributed by atoms with van der Waals surface area (Å²) in [5.41, 5.74) is 5.86. The van der Waals surface area contributed by atoms with E-state index in [1.165, 1.54) is 0 Å². The lowest BCUT2D eigenvalue weighted by Gasteiger charge is -2.38. The van der Waals surface area contributed by atoms with Crippen molar-refractivity contribution >= 4 is 11.7 Å². The number of hydrogen-bond acceptors (Lipinski definition) is 6. The van der Waals surface area contributed by atoms with Gasteiger partial charge >= 0.3 is 0 Å². The summed E-state index contributed by atoms with van der Waals surface area (Å²) in [7, 11) is 5.29. The summed E-state index contributed by atoms with van der Waals surface area (Å²) in [4.78, 5) is 14.8. The lowest BCUT2D eigenvalue weighted by Crippen LogP contribution is -2.46. The topological polar surface area (TPSA) is 116 Å². The first kappa shape index (κ1) is 30.9. The van der Waals surface area contributed by atoms with E-state index in [2.05, 4.69) is 57.5 Å². The molecule has 1 amide bonds. The van der Waals surface area contributed by atoms with Crippen LogP contribution in [0, 0.1) is 22.7 Å². The molecule has 5 N–H and O–H groups in total. The summed E-state index contributed by atoms with van der Waals surface area (Å²) in [6, 6.07) is 8.70. The molecule has 1 aliphatic heterocycles. The lowest BCUT2D eigenvalue weighted by atomic mass is 9.68. The van der Waals surface area contributed by atoms with Crippen LogP contribution in [-0.4, -0.2) is 63.0 Å². The molecule has 0 bridgehead atoms. The van der Waals surface area contributed by atoms with E-state index >= 15 is 0 Å². The summed E-state index contributed by atoms with van der Waals surface area (Å²) >= 11 is 0. The van der Waals surface area contributed by atoms with Gasteiger partial charge in [-0.05, 0) is 92.0 Å². The molecule has 0 aromatic heterocycles. The molecule has 1 saturated heterocycles. The van der Waals surface area contributed by atoms with Gasteiger partial charge in [0.25, 0.3) is 5.91 Å². The second-order valence-electron chi connectivity index (χ2n) is 11.4. The summed E-state index contributed by atoms with van der Waals surface area (Å²) < 4.78 is 0. The van der Waals surface area contributed by atoms with E-state index in [0.717, 1.165) is 59.4 Å². The number of hydrogen-bond donors (Lipinski definition) is 5. The zero-order valence-electron chi connectivity index (χ0n) is 25.4. The van der Waals surface area contributed by atoms with Gasteiger partial charge in [0.05, 0.1) is 11.5 Å². The molecular formula is C34H45N7O. The number of benzene rings is 1. The van der Waals surface area contributed by atoms with E-state index in [0.29, 0.717) is 42.9 Å². The molecular weight excluding hydrogens is 522 g/mol. The van der Waals surface area contributed by atoms with Crippen LogP contribution in [0.25, 0.3) is 0 Å². The predicted molar refractivity (Wildman–Crippen MR) is 170 cm³/mol. The first-order valence-corrected chi connectivity index (χ1v) is 14.8. The zero-order chi connectivity index (χ0) is 30.4. The Labute approximate surface area is 250 Å². The van der Waals surface area contributed by atoms with Gasteiger partial charge < -0.3 is 26.2 Å². The van der Waals surface area contributed by atoms with Crippen molar-refractivity contribution in [1.29, 1.82) is 10.7 Å². The Balaban J connectivity index is 1.73. The van der Waals surface area contributed by atoms with Gasteiger partial charge in [-0.1, -0.05) is 37.5 Å². The van der Waals surface area contributed by atoms with Crippen molar-refractivity contribution in [2.75, 3.05) is 34.2 Å². The van der Waals surface area contributed by atoms with E-state index in [-0.39, 0.29) is 11.9 Å². The average molecular weight is 568 g/mol. The molecule has 0 spiro atoms. The van der Waals surface area contributed by atoms with E-state index in [1.807, 2.05) is 44.3 Å². The summed E-state index contributed by atoms with van der Waals surface area (Å²) in [5.74, 6) is 0.904. The number of piperidine rings is 1. The minimum absolute atomic E-state index is 0.0824. The third kappa shape index (κ3) is 5.93. The lowest BCUT2D eigenvalue weighted by molar-refractivity contribution is 0.0963. The molecule has 2 aliphatic carbocycles. The number of carbonyl (C=O) groups is 1. The van der Waals surface area contributed by atoms with Gasteiger partial charge in [-0.2, -0.15) is 5.26 Å². The highest BCUT2D eigenvalue weighted by Crippen LogP contribution is 2.49. The maximum absolute atomic E-state index is 12.6. The molecule has 4 rings (SSSR count). The molecule has 222 valence electrons. The van der Waals surface area contributed by atoms with Crippen LogP contribution in [0.15, 0.2) is 78.2 Å². The van der Waals surface area contributed by atoms with Crippen LogP contribution in [0.3, 0.4) is 0 Å². The Hall–Kier alpha value is -4.09. The largest absolute Gasteiger partial charge is 0.389 e. The SMILES string of the molecule is C=C(/C=C/C1=C(/C=C\C)C(CCNCC(=C)N2C(C#N)C[C@@H]3C[C@@H]32)(C(=N)NC)c2ccc(C(=O)NC)cc2CC1)NC. The Morgan fingerprint density at radius 1 is 1.17 bits per heavy atom. The number of nitrogens with zero attached hydrogens (tertiary/aromatic N) is 2. The van der Waals surface area contributed by atoms with E-state index < -0.39 is 5.41 Å². The van der Waals surface area contributed by atoms with Crippen LogP contribution < -0.4 is 21.3 Å². The first-order valence-electron chi connectivity index (χ1n) is 14.8. The number of fused-ring (bicyclic) bond motifs is 2. The third-order valence-corrected chi connectivity index (χ3v) is 8.96. The van der Waals surface area contributed by atoms with Crippen LogP contribution in [0.2, 0.25) is 0 Å². The number of rotatable bonds is 12. The third-order valence-electron chi connectivity index (χ3n) is 8.96. The molecule has 1 heterocycles. The quantitative estimate of drug-likeness (QED) is 0.113. The second-order valence-corrected chi connectivity index (χ2v) is 11.4. The van der Waals surface area contributed by atoms with E-state index in [4.69, 9.17) is 0 Å². The monoisotopic (exact) mass is 567 g/mol. The highest BCUT2D eigenvalue weighted by atomic mass is 16.1. The zero-order valence-corrected chi connectivity index (χ0v) is 25.4. The number of likely N-dealkylation sites (N-methyl/N-ethyl adjacent to an activating group) is 2. The molecule has 1 aromatic carbocycles. The van der Waals surface area contributed by atoms with Crippen molar-refractivity contribution in [2.24, 2.45) is 5.92 Å². The van der Waals surface area contributed by atoms with Crippen molar-refractivity contribution in [3.63, 3.8) is 0 Å². The van der Waals surface area contributed by atoms with Gasteiger partial charge in [0, 0.05) is 50.7 Å². The Bertz CT molecular complexity index is 1380. The highest BCUT2D eigenvalue weighted by molar-refractivity contribution is 5.97. The molecule has 8 heteroatoms. The van der Waals surface area contributed by atoms with Gasteiger partial charge in [0.2, 0.25) is 0 Å². The molecule has 2 fully saturated rings. The van der Waals surface area contributed by atoms with Gasteiger partial charge in [-0.15, -0.1) is 0 Å². The Kier molecular flexibility index (Phi) is 9.74. The smallest absolute Gasteiger partial charge is 0.251 e. The minimum atomic E-state index is -0.784. The molecule has 8 nitrogen and oxygen atoms in total. The van der Waals surface area contributed by atoms with Crippen molar-refractivity contribution < 1.29 is 4.79 Å². The van der Waals surface area contributed by atoms with Crippen LogP contribution in [0.4, 0.5) is 0 Å². The number of aryl methyl sites for hydroxylation is 1. The molecule has 3 aliphatic rings. The molecule has 0 radical (unpaired) electrons. The molecule has 4 atom stereocenters. The first-order chi connectivity index (χ1) is 20.2. The van der Waals surface area contributed by atoms with Crippen LogP contribution in [0.5, 0.6) is 0 Å². The van der Waals surface area contributed by atoms with Gasteiger partial charge in [0.1, 0.15) is 11.9 Å². The van der Waals surface area contributed by atoms with Gasteiger partial charge in [0.15, 0.2) is 0 Å². The van der Waals surface area contributed by atoms with Gasteiger partial charge in [-0.3, -0.25) is 10.2 Å². The number of carbonyl (C=O) groups excluding carboxylic acids is 1. The maximum Gasteiger partial charge on any atom is 0.251 e. The van der Waals surface area contributed by atoms with Crippen LogP contribution in [0.1, 0.15) is 54.1 Å². The molecule has 1 saturated carbocycles. The predicted octanol–water partition coefficient (Wildman–Crippen LogP) is 4.07. The highest BCUT2D eigenvalue weighted by Gasteiger charge is 2.52. The summed E-state index contributed by atoms with van der Waals surface area (Å²) in [6.45, 7) is 11.6. The number of amidine groups is 1. The van der Waals surface area contributed by atoms with Crippen LogP contribution >= 0.6 is 0 Å².